The molecule has 3 N–H and O–H groups in total. The highest BCUT2D eigenvalue weighted by Gasteiger charge is 2.33. The number of fused-ring (bicyclic) bond motifs is 3. The number of ether oxygens (including phenoxy) is 1. The summed E-state index contributed by atoms with van der Waals surface area (Å²) in [7, 11) is 0. The van der Waals surface area contributed by atoms with E-state index in [2.05, 4.69) is 34.9 Å². The highest BCUT2D eigenvalue weighted by atomic mass is 16.5. The van der Waals surface area contributed by atoms with Gasteiger partial charge in [-0.05, 0) is 33.6 Å². The first-order valence-corrected chi connectivity index (χ1v) is 11.6. The number of alkyl carbamates (subject to hydrolysis) is 1. The molecule has 2 aromatic rings. The largest absolute Gasteiger partial charge is 0.480 e. The molecule has 2 amide bonds. The van der Waals surface area contributed by atoms with Crippen LogP contribution in [-0.2, 0) is 14.3 Å². The summed E-state index contributed by atoms with van der Waals surface area (Å²) in [6.45, 7) is 9.37. The minimum Gasteiger partial charge on any atom is -0.480 e. The molecule has 0 aromatic heterocycles. The van der Waals surface area contributed by atoms with Crippen molar-refractivity contribution in [3.63, 3.8) is 0 Å². The summed E-state index contributed by atoms with van der Waals surface area (Å²) in [5.41, 5.74) is 4.09. The van der Waals surface area contributed by atoms with Gasteiger partial charge >= 0.3 is 12.1 Å². The first kappa shape index (κ1) is 25.3. The molecule has 0 heterocycles. The Kier molecular flexibility index (Phi) is 7.64. The number of carboxylic acids is 1. The maximum atomic E-state index is 12.7. The van der Waals surface area contributed by atoms with Crippen molar-refractivity contribution >= 4 is 18.0 Å². The number of benzene rings is 2. The second-order valence-electron chi connectivity index (χ2n) is 10.2. The summed E-state index contributed by atoms with van der Waals surface area (Å²) in [6.07, 6.45) is -0.655. The van der Waals surface area contributed by atoms with E-state index in [1.807, 2.05) is 45.0 Å². The van der Waals surface area contributed by atoms with Gasteiger partial charge in [-0.15, -0.1) is 0 Å². The van der Waals surface area contributed by atoms with Crippen molar-refractivity contribution in [2.75, 3.05) is 6.61 Å². The molecule has 2 aromatic carbocycles. The number of carboxylic acid groups (broad SMARTS) is 1. The standard InChI is InChI=1S/C27H34N2O5/c1-16(2)24(25(31)32)29-23(30)14-22(27(3,4)5)28-26(33)34-15-21-19-12-8-6-10-17(19)18-11-7-9-13-20(18)21/h6-13,16,21-22,24H,14-15H2,1-5H3,(H,28,33)(H,29,30)(H,31,32)/t22?,24-/m0/s1. The van der Waals surface area contributed by atoms with Gasteiger partial charge in [-0.2, -0.15) is 0 Å². The molecule has 0 saturated heterocycles. The van der Waals surface area contributed by atoms with Crippen LogP contribution in [-0.4, -0.2) is 41.8 Å². The van der Waals surface area contributed by atoms with Gasteiger partial charge in [0.25, 0.3) is 0 Å². The number of carbonyl (C=O) groups excluding carboxylic acids is 2. The maximum Gasteiger partial charge on any atom is 0.407 e. The first-order chi connectivity index (χ1) is 16.0. The highest BCUT2D eigenvalue weighted by Crippen LogP contribution is 2.44. The minimum atomic E-state index is -1.08. The van der Waals surface area contributed by atoms with Crippen LogP contribution in [0.25, 0.3) is 11.1 Å². The molecule has 7 heteroatoms. The average molecular weight is 467 g/mol. The predicted molar refractivity (Wildman–Crippen MR) is 130 cm³/mol. The van der Waals surface area contributed by atoms with Gasteiger partial charge in [0.15, 0.2) is 0 Å². The fraction of sp³-hybridized carbons (Fsp3) is 0.444. The Hall–Kier alpha value is -3.35. The Balaban J connectivity index is 1.65. The van der Waals surface area contributed by atoms with E-state index in [0.717, 1.165) is 22.3 Å². The van der Waals surface area contributed by atoms with Crippen molar-refractivity contribution in [1.82, 2.24) is 10.6 Å². The zero-order chi connectivity index (χ0) is 25.0. The zero-order valence-electron chi connectivity index (χ0n) is 20.4. The second-order valence-corrected chi connectivity index (χ2v) is 10.2. The van der Waals surface area contributed by atoms with Gasteiger partial charge in [-0.25, -0.2) is 9.59 Å². The number of nitrogens with one attached hydrogen (secondary N) is 2. The third-order valence-electron chi connectivity index (χ3n) is 6.32. The van der Waals surface area contributed by atoms with Gasteiger partial charge in [0.05, 0.1) is 0 Å². The zero-order valence-corrected chi connectivity index (χ0v) is 20.4. The Bertz CT molecular complexity index is 1010. The van der Waals surface area contributed by atoms with E-state index < -0.39 is 35.5 Å². The van der Waals surface area contributed by atoms with Gasteiger partial charge in [-0.3, -0.25) is 4.79 Å². The van der Waals surface area contributed by atoms with E-state index in [1.165, 1.54) is 0 Å². The van der Waals surface area contributed by atoms with Gasteiger partial charge in [0.2, 0.25) is 5.91 Å². The van der Waals surface area contributed by atoms with E-state index in [0.29, 0.717) is 0 Å². The summed E-state index contributed by atoms with van der Waals surface area (Å²) < 4.78 is 5.63. The van der Waals surface area contributed by atoms with Crippen LogP contribution in [0.4, 0.5) is 4.79 Å². The van der Waals surface area contributed by atoms with Crippen molar-refractivity contribution in [3.8, 4) is 11.1 Å². The molecule has 1 aliphatic carbocycles. The van der Waals surface area contributed by atoms with E-state index in [1.54, 1.807) is 13.8 Å². The predicted octanol–water partition coefficient (Wildman–Crippen LogP) is 4.56. The average Bonchev–Trinajstić information content (AvgIpc) is 3.08. The Morgan fingerprint density at radius 3 is 1.94 bits per heavy atom. The SMILES string of the molecule is CC(C)[C@H](NC(=O)CC(NC(=O)OCC1c2ccccc2-c2ccccc21)C(C)(C)C)C(=O)O. The lowest BCUT2D eigenvalue weighted by Crippen LogP contribution is -2.50. The smallest absolute Gasteiger partial charge is 0.407 e. The molecule has 1 aliphatic rings. The maximum absolute atomic E-state index is 12.7. The monoisotopic (exact) mass is 466 g/mol. The first-order valence-electron chi connectivity index (χ1n) is 11.6. The van der Waals surface area contributed by atoms with E-state index in [-0.39, 0.29) is 24.9 Å². The van der Waals surface area contributed by atoms with Crippen LogP contribution in [0, 0.1) is 11.3 Å². The number of rotatable bonds is 8. The van der Waals surface area contributed by atoms with Crippen molar-refractivity contribution in [1.29, 1.82) is 0 Å². The third kappa shape index (κ3) is 5.76. The number of carbonyl (C=O) groups is 3. The molecule has 7 nitrogen and oxygen atoms in total. The Labute approximate surface area is 200 Å². The van der Waals surface area contributed by atoms with Crippen molar-refractivity contribution in [2.24, 2.45) is 11.3 Å². The number of aliphatic carboxylic acids is 1. The molecule has 182 valence electrons. The van der Waals surface area contributed by atoms with Gasteiger partial charge in [0.1, 0.15) is 12.6 Å². The minimum absolute atomic E-state index is 0.0514. The van der Waals surface area contributed by atoms with E-state index in [4.69, 9.17) is 4.74 Å². The van der Waals surface area contributed by atoms with Crippen LogP contribution >= 0.6 is 0 Å². The lowest BCUT2D eigenvalue weighted by Gasteiger charge is -2.31. The molecule has 0 saturated carbocycles. The molecule has 1 unspecified atom stereocenters. The lowest BCUT2D eigenvalue weighted by molar-refractivity contribution is -0.143. The summed E-state index contributed by atoms with van der Waals surface area (Å²) in [5, 5.41) is 14.7. The van der Waals surface area contributed by atoms with Crippen LogP contribution in [0.3, 0.4) is 0 Å². The number of hydrogen-bond acceptors (Lipinski definition) is 4. The molecule has 3 rings (SSSR count). The lowest BCUT2D eigenvalue weighted by atomic mass is 9.84. The van der Waals surface area contributed by atoms with Crippen LogP contribution in [0.5, 0.6) is 0 Å². The third-order valence-corrected chi connectivity index (χ3v) is 6.32. The van der Waals surface area contributed by atoms with Gasteiger partial charge < -0.3 is 20.5 Å². The van der Waals surface area contributed by atoms with Crippen molar-refractivity contribution in [3.05, 3.63) is 59.7 Å². The molecule has 0 bridgehead atoms. The molecule has 34 heavy (non-hydrogen) atoms. The fourth-order valence-electron chi connectivity index (χ4n) is 4.29. The topological polar surface area (TPSA) is 105 Å². The summed E-state index contributed by atoms with van der Waals surface area (Å²) in [4.78, 5) is 36.7. The van der Waals surface area contributed by atoms with Gasteiger partial charge in [-0.1, -0.05) is 83.1 Å². The molecule has 0 fully saturated rings. The Morgan fingerprint density at radius 2 is 1.47 bits per heavy atom. The summed E-state index contributed by atoms with van der Waals surface area (Å²) in [6, 6.07) is 14.7. The quantitative estimate of drug-likeness (QED) is 0.529. The molecule has 2 atom stereocenters. The molecular formula is C27H34N2O5. The molecule has 0 aliphatic heterocycles. The highest BCUT2D eigenvalue weighted by molar-refractivity contribution is 5.84. The van der Waals surface area contributed by atoms with Crippen molar-refractivity contribution in [2.45, 2.75) is 59.0 Å². The number of amides is 2. The van der Waals surface area contributed by atoms with Gasteiger partial charge in [0, 0.05) is 18.4 Å². The van der Waals surface area contributed by atoms with Crippen LogP contribution in [0.2, 0.25) is 0 Å². The molecular weight excluding hydrogens is 432 g/mol. The summed E-state index contributed by atoms with van der Waals surface area (Å²) >= 11 is 0. The molecule has 0 radical (unpaired) electrons. The normalized spacial score (nSPS) is 14.6. The van der Waals surface area contributed by atoms with Crippen LogP contribution < -0.4 is 10.6 Å². The van der Waals surface area contributed by atoms with Crippen molar-refractivity contribution < 1.29 is 24.2 Å². The summed E-state index contributed by atoms with van der Waals surface area (Å²) in [5.74, 6) is -1.83. The van der Waals surface area contributed by atoms with E-state index >= 15 is 0 Å². The van der Waals surface area contributed by atoms with Crippen LogP contribution in [0.1, 0.15) is 58.1 Å². The van der Waals surface area contributed by atoms with E-state index in [9.17, 15) is 19.5 Å². The molecule has 0 spiro atoms. The number of hydrogen-bond donors (Lipinski definition) is 3. The Morgan fingerprint density at radius 1 is 0.941 bits per heavy atom. The second kappa shape index (κ2) is 10.3. The van der Waals surface area contributed by atoms with Crippen LogP contribution in [0.15, 0.2) is 48.5 Å². The fourth-order valence-corrected chi connectivity index (χ4v) is 4.29.